The van der Waals surface area contributed by atoms with E-state index in [0.717, 1.165) is 23.4 Å². The van der Waals surface area contributed by atoms with E-state index in [0.29, 0.717) is 25.3 Å². The lowest BCUT2D eigenvalue weighted by Crippen LogP contribution is -2.58. The van der Waals surface area contributed by atoms with Gasteiger partial charge < -0.3 is 15.1 Å². The smallest absolute Gasteiger partial charge is 0.325 e. The molecule has 1 spiro atoms. The predicted molar refractivity (Wildman–Crippen MR) is 109 cm³/mol. The second-order valence-corrected chi connectivity index (χ2v) is 8.01. The third-order valence-electron chi connectivity index (χ3n) is 5.72. The van der Waals surface area contributed by atoms with Gasteiger partial charge in [0.2, 0.25) is 5.91 Å². The monoisotopic (exact) mass is 410 g/mol. The summed E-state index contributed by atoms with van der Waals surface area (Å²) in [5.41, 5.74) is 0.200. The fraction of sp³-hybridized carbons (Fsp3) is 0.409. The molecular weight excluding hydrogens is 384 g/mol. The van der Waals surface area contributed by atoms with Gasteiger partial charge in [-0.15, -0.1) is 0 Å². The van der Waals surface area contributed by atoms with Crippen molar-refractivity contribution in [2.75, 3.05) is 19.6 Å². The average molecular weight is 410 g/mol. The highest BCUT2D eigenvalue weighted by atomic mass is 16.3. The van der Waals surface area contributed by atoms with E-state index in [1.165, 1.54) is 6.26 Å². The number of carbonyl (C=O) groups is 3. The molecule has 2 N–H and O–H groups in total. The number of nitrogens with one attached hydrogen (secondary N) is 2. The Morgan fingerprint density at radius 1 is 1.23 bits per heavy atom. The average Bonchev–Trinajstić information content (AvgIpc) is 3.33. The number of rotatable bonds is 6. The Hall–Kier alpha value is -3.13. The first-order chi connectivity index (χ1) is 14.5. The van der Waals surface area contributed by atoms with E-state index in [2.05, 4.69) is 15.5 Å². The molecule has 30 heavy (non-hydrogen) atoms. The van der Waals surface area contributed by atoms with Gasteiger partial charge in [0, 0.05) is 13.1 Å². The molecule has 2 unspecified atom stereocenters. The summed E-state index contributed by atoms with van der Waals surface area (Å²) >= 11 is 0. The Balaban J connectivity index is 1.39. The largest absolute Gasteiger partial charge is 0.467 e. The number of hydrogen-bond acceptors (Lipinski definition) is 5. The Labute approximate surface area is 175 Å². The Morgan fingerprint density at radius 3 is 2.77 bits per heavy atom. The molecule has 1 aromatic carbocycles. The molecule has 0 radical (unpaired) electrons. The summed E-state index contributed by atoms with van der Waals surface area (Å²) in [6.45, 7) is 3.49. The van der Waals surface area contributed by atoms with Crippen LogP contribution in [0.5, 0.6) is 0 Å². The van der Waals surface area contributed by atoms with Crippen LogP contribution in [-0.4, -0.2) is 52.8 Å². The van der Waals surface area contributed by atoms with Crippen molar-refractivity contribution in [2.45, 2.75) is 37.9 Å². The molecule has 0 bridgehead atoms. The van der Waals surface area contributed by atoms with E-state index in [1.807, 2.05) is 30.3 Å². The molecule has 2 saturated heterocycles. The molecule has 0 aliphatic carbocycles. The summed E-state index contributed by atoms with van der Waals surface area (Å²) in [5.74, 6) is -0.122. The van der Waals surface area contributed by atoms with E-state index in [-0.39, 0.29) is 18.5 Å². The maximum absolute atomic E-state index is 13.2. The number of furan rings is 1. The van der Waals surface area contributed by atoms with Crippen molar-refractivity contribution >= 4 is 17.8 Å². The summed E-state index contributed by atoms with van der Waals surface area (Å²) < 4.78 is 5.28. The molecule has 2 atom stereocenters. The quantitative estimate of drug-likeness (QED) is 0.711. The molecule has 4 rings (SSSR count). The zero-order valence-electron chi connectivity index (χ0n) is 17.0. The molecular formula is C22H26N4O4. The summed E-state index contributed by atoms with van der Waals surface area (Å²) in [4.78, 5) is 41.3. The van der Waals surface area contributed by atoms with Gasteiger partial charge in [0.1, 0.15) is 17.8 Å². The molecule has 0 saturated carbocycles. The Bertz CT molecular complexity index is 914. The van der Waals surface area contributed by atoms with Crippen molar-refractivity contribution in [1.82, 2.24) is 20.4 Å². The first-order valence-electron chi connectivity index (χ1n) is 10.2. The minimum Gasteiger partial charge on any atom is -0.467 e. The van der Waals surface area contributed by atoms with Crippen LogP contribution < -0.4 is 10.6 Å². The van der Waals surface area contributed by atoms with Gasteiger partial charge in [-0.25, -0.2) is 4.79 Å². The van der Waals surface area contributed by atoms with Gasteiger partial charge in [-0.3, -0.25) is 19.4 Å². The number of urea groups is 1. The zero-order chi connectivity index (χ0) is 21.1. The standard InChI is InChI=1S/C22H26N4O4/c1-16(18-9-5-12-30-18)23-19(27)14-26-20(28)22(24-21(26)29)10-6-11-25(15-22)13-17-7-3-2-4-8-17/h2-5,7-9,12,16H,6,10-11,13-15H2,1H3,(H,23,27)(H,24,29). The lowest BCUT2D eigenvalue weighted by molar-refractivity contribution is -0.136. The van der Waals surface area contributed by atoms with Gasteiger partial charge in [-0.05, 0) is 44.0 Å². The predicted octanol–water partition coefficient (Wildman–Crippen LogP) is 2.04. The van der Waals surface area contributed by atoms with Gasteiger partial charge in [0.05, 0.1) is 12.3 Å². The number of likely N-dealkylation sites (tertiary alicyclic amines) is 1. The molecule has 3 heterocycles. The third kappa shape index (κ3) is 4.09. The third-order valence-corrected chi connectivity index (χ3v) is 5.72. The molecule has 8 nitrogen and oxygen atoms in total. The van der Waals surface area contributed by atoms with Crippen LogP contribution in [0.15, 0.2) is 53.1 Å². The van der Waals surface area contributed by atoms with E-state index >= 15 is 0 Å². The SMILES string of the molecule is CC(NC(=O)CN1C(=O)NC2(CCCN(Cc3ccccc3)C2)C1=O)c1ccco1. The van der Waals surface area contributed by atoms with Gasteiger partial charge >= 0.3 is 6.03 Å². The van der Waals surface area contributed by atoms with Crippen LogP contribution >= 0.6 is 0 Å². The summed E-state index contributed by atoms with van der Waals surface area (Å²) in [7, 11) is 0. The number of hydrogen-bond donors (Lipinski definition) is 2. The van der Waals surface area contributed by atoms with Crippen LogP contribution in [0.1, 0.15) is 37.1 Å². The normalized spacial score (nSPS) is 22.9. The molecule has 2 aromatic rings. The maximum Gasteiger partial charge on any atom is 0.325 e. The van der Waals surface area contributed by atoms with Gasteiger partial charge in [-0.1, -0.05) is 30.3 Å². The molecule has 4 amide bonds. The molecule has 2 aliphatic rings. The lowest BCUT2D eigenvalue weighted by Gasteiger charge is -2.38. The Morgan fingerprint density at radius 2 is 2.03 bits per heavy atom. The van der Waals surface area contributed by atoms with Crippen molar-refractivity contribution < 1.29 is 18.8 Å². The van der Waals surface area contributed by atoms with Crippen LogP contribution in [0.25, 0.3) is 0 Å². The van der Waals surface area contributed by atoms with E-state index in [1.54, 1.807) is 19.1 Å². The molecule has 158 valence electrons. The summed E-state index contributed by atoms with van der Waals surface area (Å²) in [6, 6.07) is 12.7. The number of benzene rings is 1. The molecule has 2 aliphatic heterocycles. The summed E-state index contributed by atoms with van der Waals surface area (Å²) in [6.07, 6.45) is 2.90. The van der Waals surface area contributed by atoms with Crippen LogP contribution in [0.2, 0.25) is 0 Å². The van der Waals surface area contributed by atoms with Crippen LogP contribution in [0, 0.1) is 0 Å². The summed E-state index contributed by atoms with van der Waals surface area (Å²) in [5, 5.41) is 5.63. The zero-order valence-corrected chi connectivity index (χ0v) is 17.0. The second-order valence-electron chi connectivity index (χ2n) is 8.01. The van der Waals surface area contributed by atoms with E-state index in [4.69, 9.17) is 4.42 Å². The number of piperidine rings is 1. The minimum absolute atomic E-state index is 0.309. The van der Waals surface area contributed by atoms with E-state index in [9.17, 15) is 14.4 Å². The minimum atomic E-state index is -0.961. The number of imide groups is 1. The topological polar surface area (TPSA) is 94.9 Å². The fourth-order valence-electron chi connectivity index (χ4n) is 4.26. The Kier molecular flexibility index (Phi) is 5.59. The van der Waals surface area contributed by atoms with Crippen LogP contribution in [-0.2, 0) is 16.1 Å². The van der Waals surface area contributed by atoms with Crippen molar-refractivity contribution in [3.8, 4) is 0 Å². The van der Waals surface area contributed by atoms with Crippen molar-refractivity contribution in [2.24, 2.45) is 0 Å². The first kappa shape index (κ1) is 20.2. The van der Waals surface area contributed by atoms with Crippen molar-refractivity contribution in [1.29, 1.82) is 0 Å². The number of nitrogens with zero attached hydrogens (tertiary/aromatic N) is 2. The molecule has 8 heteroatoms. The first-order valence-corrected chi connectivity index (χ1v) is 10.2. The van der Waals surface area contributed by atoms with Crippen molar-refractivity contribution in [3.05, 3.63) is 60.1 Å². The van der Waals surface area contributed by atoms with Gasteiger partial charge in [0.25, 0.3) is 5.91 Å². The highest BCUT2D eigenvalue weighted by Gasteiger charge is 2.53. The van der Waals surface area contributed by atoms with Gasteiger partial charge in [0.15, 0.2) is 0 Å². The molecule has 2 fully saturated rings. The number of carbonyl (C=O) groups excluding carboxylic acids is 3. The highest BCUT2D eigenvalue weighted by molar-refractivity contribution is 6.09. The second kappa shape index (κ2) is 8.31. The lowest BCUT2D eigenvalue weighted by atomic mass is 9.88. The van der Waals surface area contributed by atoms with Gasteiger partial charge in [-0.2, -0.15) is 0 Å². The van der Waals surface area contributed by atoms with Crippen LogP contribution in [0.4, 0.5) is 4.79 Å². The molecule has 1 aromatic heterocycles. The van der Waals surface area contributed by atoms with Crippen LogP contribution in [0.3, 0.4) is 0 Å². The highest BCUT2D eigenvalue weighted by Crippen LogP contribution is 2.29. The fourth-order valence-corrected chi connectivity index (χ4v) is 4.26. The maximum atomic E-state index is 13.2. The number of amides is 4. The van der Waals surface area contributed by atoms with Crippen molar-refractivity contribution in [3.63, 3.8) is 0 Å². The van der Waals surface area contributed by atoms with E-state index < -0.39 is 17.5 Å².